The van der Waals surface area contributed by atoms with E-state index in [0.29, 0.717) is 47.8 Å². The monoisotopic (exact) mass is 481 g/mol. The molecule has 0 bridgehead atoms. The number of halogens is 1. The van der Waals surface area contributed by atoms with Crippen LogP contribution in [0.4, 0.5) is 0 Å². The van der Waals surface area contributed by atoms with E-state index >= 15 is 0 Å². The normalized spacial score (nSPS) is 14.3. The maximum absolute atomic E-state index is 11.1. The van der Waals surface area contributed by atoms with Crippen molar-refractivity contribution in [1.29, 1.82) is 5.26 Å². The van der Waals surface area contributed by atoms with Crippen LogP contribution in [0.5, 0.6) is 11.5 Å². The van der Waals surface area contributed by atoms with Gasteiger partial charge in [-0.1, -0.05) is 29.7 Å². The summed E-state index contributed by atoms with van der Waals surface area (Å²) in [5.74, 6) is 6.42. The molecule has 0 radical (unpaired) electrons. The summed E-state index contributed by atoms with van der Waals surface area (Å²) in [7, 11) is 0. The van der Waals surface area contributed by atoms with Crippen LogP contribution in [0.25, 0.3) is 0 Å². The first-order chi connectivity index (χ1) is 16.5. The van der Waals surface area contributed by atoms with Crippen LogP contribution in [-0.4, -0.2) is 37.5 Å². The van der Waals surface area contributed by atoms with E-state index in [9.17, 15) is 4.79 Å². The first kappa shape index (κ1) is 25.4. The molecule has 3 rings (SSSR count). The fraction of sp³-hybridized carbons (Fsp3) is 0.407. The molecule has 0 saturated heterocycles. The molecule has 1 aliphatic carbocycles. The maximum atomic E-state index is 11.1. The van der Waals surface area contributed by atoms with E-state index in [1.54, 1.807) is 25.1 Å². The van der Waals surface area contributed by atoms with Gasteiger partial charge in [-0.15, -0.1) is 5.92 Å². The largest absolute Gasteiger partial charge is 0.493 e. The molecule has 2 aromatic rings. The minimum absolute atomic E-state index is 0.0152. The number of nitrogens with zero attached hydrogens (tertiary/aromatic N) is 1. The van der Waals surface area contributed by atoms with E-state index in [1.165, 1.54) is 12.8 Å². The Bertz CT molecular complexity index is 1060. The quantitative estimate of drug-likeness (QED) is 0.391. The lowest BCUT2D eigenvalue weighted by Gasteiger charge is -2.19. The van der Waals surface area contributed by atoms with E-state index in [4.69, 9.17) is 36.2 Å². The number of carbonyl (C=O) groups is 1. The summed E-state index contributed by atoms with van der Waals surface area (Å²) < 4.78 is 17.8. The highest BCUT2D eigenvalue weighted by Gasteiger charge is 2.22. The molecule has 34 heavy (non-hydrogen) atoms. The second kappa shape index (κ2) is 12.9. The Labute approximate surface area is 205 Å². The molecule has 1 saturated carbocycles. The summed E-state index contributed by atoms with van der Waals surface area (Å²) in [6.45, 7) is 3.72. The van der Waals surface area contributed by atoms with Crippen LogP contribution in [0.15, 0.2) is 42.5 Å². The summed E-state index contributed by atoms with van der Waals surface area (Å²) in [6, 6.07) is 14.4. The number of ether oxygens (including phenoxy) is 3. The van der Waals surface area contributed by atoms with Gasteiger partial charge in [0.1, 0.15) is 17.6 Å². The SMILES string of the molecule is CC#CC(CC(=O)O)c1ccc(OCC(COCC2CC2)COc2ccc(C#N)c(Cl)c2)cc1. The minimum Gasteiger partial charge on any atom is -0.493 e. The Morgan fingerprint density at radius 1 is 1.12 bits per heavy atom. The summed E-state index contributed by atoms with van der Waals surface area (Å²) in [5, 5.41) is 18.5. The predicted molar refractivity (Wildman–Crippen MR) is 129 cm³/mol. The molecule has 0 heterocycles. The van der Waals surface area contributed by atoms with Gasteiger partial charge in [-0.2, -0.15) is 5.26 Å². The Morgan fingerprint density at radius 2 is 1.79 bits per heavy atom. The van der Waals surface area contributed by atoms with Crippen molar-refractivity contribution in [2.75, 3.05) is 26.4 Å². The standard InChI is InChI=1S/C27H28ClNO5/c1-2-3-22(12-27(30)31)21-6-9-24(10-7-21)33-17-20(16-32-15-19-4-5-19)18-34-25-11-8-23(14-29)26(28)13-25/h6-11,13,19-20,22H,4-5,12,15-18H2,1H3,(H,30,31). The third-order valence-corrected chi connectivity index (χ3v) is 5.73. The highest BCUT2D eigenvalue weighted by molar-refractivity contribution is 6.31. The number of hydrogen-bond acceptors (Lipinski definition) is 5. The van der Waals surface area contributed by atoms with Crippen molar-refractivity contribution in [3.63, 3.8) is 0 Å². The summed E-state index contributed by atoms with van der Waals surface area (Å²) >= 11 is 6.10. The topological polar surface area (TPSA) is 88.8 Å². The third-order valence-electron chi connectivity index (χ3n) is 5.42. The smallest absolute Gasteiger partial charge is 0.304 e. The number of nitriles is 1. The van der Waals surface area contributed by atoms with E-state index in [-0.39, 0.29) is 18.3 Å². The van der Waals surface area contributed by atoms with E-state index in [0.717, 1.165) is 12.2 Å². The van der Waals surface area contributed by atoms with Gasteiger partial charge in [-0.05, 0) is 55.5 Å². The van der Waals surface area contributed by atoms with Crippen LogP contribution in [0.3, 0.4) is 0 Å². The van der Waals surface area contributed by atoms with Crippen molar-refractivity contribution in [3.05, 3.63) is 58.6 Å². The summed E-state index contributed by atoms with van der Waals surface area (Å²) in [5.41, 5.74) is 1.25. The highest BCUT2D eigenvalue weighted by atomic mass is 35.5. The van der Waals surface area contributed by atoms with E-state index in [1.807, 2.05) is 30.3 Å². The second-order valence-corrected chi connectivity index (χ2v) is 8.74. The minimum atomic E-state index is -0.884. The molecule has 178 valence electrons. The molecular formula is C27H28ClNO5. The zero-order valence-corrected chi connectivity index (χ0v) is 19.9. The molecule has 0 aromatic heterocycles. The highest BCUT2D eigenvalue weighted by Crippen LogP contribution is 2.29. The van der Waals surface area contributed by atoms with Crippen molar-refractivity contribution >= 4 is 17.6 Å². The van der Waals surface area contributed by atoms with E-state index in [2.05, 4.69) is 11.8 Å². The van der Waals surface area contributed by atoms with Gasteiger partial charge in [0.2, 0.25) is 0 Å². The van der Waals surface area contributed by atoms with Crippen LogP contribution in [0.2, 0.25) is 5.02 Å². The molecule has 0 aliphatic heterocycles. The third kappa shape index (κ3) is 8.30. The molecule has 1 N–H and O–H groups in total. The Morgan fingerprint density at radius 3 is 2.38 bits per heavy atom. The van der Waals surface area contributed by atoms with Crippen molar-refractivity contribution in [2.45, 2.75) is 32.1 Å². The molecule has 2 atom stereocenters. The van der Waals surface area contributed by atoms with Gasteiger partial charge in [-0.3, -0.25) is 4.79 Å². The fourth-order valence-electron chi connectivity index (χ4n) is 3.33. The summed E-state index contributed by atoms with van der Waals surface area (Å²) in [4.78, 5) is 11.1. The number of hydrogen-bond donors (Lipinski definition) is 1. The number of rotatable bonds is 13. The number of aliphatic carboxylic acids is 1. The van der Waals surface area contributed by atoms with Gasteiger partial charge in [0.25, 0.3) is 0 Å². The number of benzene rings is 2. The summed E-state index contributed by atoms with van der Waals surface area (Å²) in [6.07, 6.45) is 2.40. The predicted octanol–water partition coefficient (Wildman–Crippen LogP) is 5.29. The molecule has 6 nitrogen and oxygen atoms in total. The molecule has 1 aliphatic rings. The zero-order chi connectivity index (χ0) is 24.3. The lowest BCUT2D eigenvalue weighted by Crippen LogP contribution is -2.25. The van der Waals surface area contributed by atoms with Crippen LogP contribution in [0, 0.1) is 35.0 Å². The van der Waals surface area contributed by atoms with Crippen molar-refractivity contribution in [1.82, 2.24) is 0 Å². The van der Waals surface area contributed by atoms with Gasteiger partial charge >= 0.3 is 5.97 Å². The Balaban J connectivity index is 1.57. The van der Waals surface area contributed by atoms with Crippen LogP contribution in [0.1, 0.15) is 43.2 Å². The average molecular weight is 482 g/mol. The molecule has 2 aromatic carbocycles. The van der Waals surface area contributed by atoms with Gasteiger partial charge in [0.05, 0.1) is 48.7 Å². The fourth-order valence-corrected chi connectivity index (χ4v) is 3.54. The average Bonchev–Trinajstić information content (AvgIpc) is 3.65. The molecule has 0 amide bonds. The first-order valence-electron chi connectivity index (χ1n) is 11.3. The molecule has 7 heteroatoms. The van der Waals surface area contributed by atoms with Crippen molar-refractivity contribution in [2.24, 2.45) is 11.8 Å². The van der Waals surface area contributed by atoms with Crippen LogP contribution in [-0.2, 0) is 9.53 Å². The molecular weight excluding hydrogens is 454 g/mol. The first-order valence-corrected chi connectivity index (χ1v) is 11.6. The second-order valence-electron chi connectivity index (χ2n) is 8.34. The van der Waals surface area contributed by atoms with Crippen LogP contribution < -0.4 is 9.47 Å². The van der Waals surface area contributed by atoms with E-state index < -0.39 is 5.97 Å². The lowest BCUT2D eigenvalue weighted by atomic mass is 9.96. The lowest BCUT2D eigenvalue weighted by molar-refractivity contribution is -0.137. The number of carboxylic acid groups (broad SMARTS) is 1. The van der Waals surface area contributed by atoms with Crippen LogP contribution >= 0.6 is 11.6 Å². The van der Waals surface area contributed by atoms with Crippen molar-refractivity contribution < 1.29 is 24.1 Å². The Hall–Kier alpha value is -3.19. The Kier molecular flexibility index (Phi) is 9.64. The van der Waals surface area contributed by atoms with Gasteiger partial charge in [0, 0.05) is 12.7 Å². The van der Waals surface area contributed by atoms with Gasteiger partial charge < -0.3 is 19.3 Å². The van der Waals surface area contributed by atoms with Crippen molar-refractivity contribution in [3.8, 4) is 29.4 Å². The molecule has 2 unspecified atom stereocenters. The zero-order valence-electron chi connectivity index (χ0n) is 19.1. The number of carboxylic acids is 1. The molecule has 0 spiro atoms. The maximum Gasteiger partial charge on any atom is 0.304 e. The van der Waals surface area contributed by atoms with Gasteiger partial charge in [0.15, 0.2) is 0 Å². The molecule has 1 fully saturated rings. The van der Waals surface area contributed by atoms with Gasteiger partial charge in [-0.25, -0.2) is 0 Å².